The van der Waals surface area contributed by atoms with Gasteiger partial charge in [-0.2, -0.15) is 0 Å². The summed E-state index contributed by atoms with van der Waals surface area (Å²) in [6, 6.07) is 5.53. The van der Waals surface area contributed by atoms with E-state index in [-0.39, 0.29) is 5.78 Å². The second-order valence-corrected chi connectivity index (χ2v) is 5.44. The fourth-order valence-corrected chi connectivity index (χ4v) is 2.29. The summed E-state index contributed by atoms with van der Waals surface area (Å²) in [5.74, 6) is -0.00292. The van der Waals surface area contributed by atoms with Gasteiger partial charge >= 0.3 is 0 Å². The number of hydrogen-bond acceptors (Lipinski definition) is 1. The summed E-state index contributed by atoms with van der Waals surface area (Å²) >= 11 is 9.31. The largest absolute Gasteiger partial charge is 0.290 e. The average molecular weight is 340 g/mol. The first-order valence-corrected chi connectivity index (χ1v) is 7.22. The van der Waals surface area contributed by atoms with Crippen molar-refractivity contribution in [3.63, 3.8) is 0 Å². The van der Waals surface area contributed by atoms with Crippen LogP contribution in [0.2, 0.25) is 5.02 Å². The van der Waals surface area contributed by atoms with Crippen LogP contribution in [0.4, 0.5) is 0 Å². The van der Waals surface area contributed by atoms with Crippen LogP contribution in [0.15, 0.2) is 52.5 Å². The molecule has 19 heavy (non-hydrogen) atoms. The third-order valence-corrected chi connectivity index (χ3v) is 3.09. The highest BCUT2D eigenvalue weighted by Gasteiger charge is 1.99. The summed E-state index contributed by atoms with van der Waals surface area (Å²) in [5.41, 5.74) is 1.60. The Morgan fingerprint density at radius 2 is 2.11 bits per heavy atom. The predicted octanol–water partition coefficient (Wildman–Crippen LogP) is 5.60. The van der Waals surface area contributed by atoms with Crippen LogP contribution >= 0.6 is 27.5 Å². The van der Waals surface area contributed by atoms with E-state index in [1.807, 2.05) is 30.4 Å². The van der Waals surface area contributed by atoms with Crippen molar-refractivity contribution in [2.75, 3.05) is 0 Å². The van der Waals surface area contributed by atoms with Gasteiger partial charge in [-0.05, 0) is 48.8 Å². The lowest BCUT2D eigenvalue weighted by atomic mass is 10.1. The van der Waals surface area contributed by atoms with Gasteiger partial charge in [0.2, 0.25) is 0 Å². The van der Waals surface area contributed by atoms with Gasteiger partial charge in [0.15, 0.2) is 5.78 Å². The van der Waals surface area contributed by atoms with E-state index >= 15 is 0 Å². The van der Waals surface area contributed by atoms with Gasteiger partial charge in [0.25, 0.3) is 0 Å². The Morgan fingerprint density at radius 1 is 1.37 bits per heavy atom. The Balaban J connectivity index is 2.78. The van der Waals surface area contributed by atoms with Crippen LogP contribution in [-0.4, -0.2) is 5.78 Å². The molecule has 0 amide bonds. The highest BCUT2D eigenvalue weighted by Crippen LogP contribution is 2.20. The van der Waals surface area contributed by atoms with E-state index in [0.717, 1.165) is 16.5 Å². The van der Waals surface area contributed by atoms with Gasteiger partial charge in [-0.1, -0.05) is 58.8 Å². The Hall–Kier alpha value is -1.12. The average Bonchev–Trinajstić information content (AvgIpc) is 2.35. The Kier molecular flexibility index (Phi) is 6.82. The Bertz CT molecular complexity index is 521. The first-order chi connectivity index (χ1) is 9.02. The number of rotatable bonds is 5. The molecule has 0 aliphatic heterocycles. The molecule has 0 saturated heterocycles. The van der Waals surface area contributed by atoms with E-state index in [2.05, 4.69) is 22.9 Å². The van der Waals surface area contributed by atoms with Crippen molar-refractivity contribution < 1.29 is 4.79 Å². The van der Waals surface area contributed by atoms with Gasteiger partial charge in [-0.25, -0.2) is 0 Å². The molecule has 3 heteroatoms. The lowest BCUT2D eigenvalue weighted by molar-refractivity contribution is -0.111. The molecule has 0 atom stereocenters. The predicted molar refractivity (Wildman–Crippen MR) is 86.4 cm³/mol. The normalized spacial score (nSPS) is 12.5. The number of carbonyl (C=O) groups excluding carboxylic acids is 1. The van der Waals surface area contributed by atoms with Gasteiger partial charge in [-0.3, -0.25) is 4.79 Å². The Labute approximate surface area is 127 Å². The van der Waals surface area contributed by atoms with Gasteiger partial charge in [-0.15, -0.1) is 0 Å². The standard InChI is InChI=1S/C16H16BrClO/c1-3-4-5-6-12(2)16(19)8-7-13-9-14(17)11-15(18)10-13/h4-11H,3H2,1-2H3/b5-4-,8-7+,12-6+. The third-order valence-electron chi connectivity index (χ3n) is 2.42. The summed E-state index contributed by atoms with van der Waals surface area (Å²) in [6.45, 7) is 3.86. The molecule has 0 fully saturated rings. The minimum atomic E-state index is -0.00292. The minimum Gasteiger partial charge on any atom is -0.290 e. The zero-order valence-electron chi connectivity index (χ0n) is 11.0. The molecular formula is C16H16BrClO. The second kappa shape index (κ2) is 8.13. The highest BCUT2D eigenvalue weighted by molar-refractivity contribution is 9.10. The van der Waals surface area contributed by atoms with Crippen molar-refractivity contribution >= 4 is 39.4 Å². The molecule has 0 aromatic heterocycles. The summed E-state index contributed by atoms with van der Waals surface area (Å²) in [7, 11) is 0. The van der Waals surface area contributed by atoms with E-state index in [9.17, 15) is 4.79 Å². The van der Waals surface area contributed by atoms with E-state index in [0.29, 0.717) is 10.6 Å². The molecule has 0 radical (unpaired) electrons. The monoisotopic (exact) mass is 338 g/mol. The molecule has 0 N–H and O–H groups in total. The Morgan fingerprint density at radius 3 is 2.74 bits per heavy atom. The summed E-state index contributed by atoms with van der Waals surface area (Å²) < 4.78 is 0.894. The number of carbonyl (C=O) groups is 1. The van der Waals surface area contributed by atoms with Gasteiger partial charge in [0, 0.05) is 9.50 Å². The van der Waals surface area contributed by atoms with Crippen molar-refractivity contribution in [2.45, 2.75) is 20.3 Å². The van der Waals surface area contributed by atoms with Gasteiger partial charge in [0.05, 0.1) is 0 Å². The SMILES string of the molecule is CC/C=C\C=C(/C)C(=O)/C=C/c1cc(Cl)cc(Br)c1. The highest BCUT2D eigenvalue weighted by atomic mass is 79.9. The van der Waals surface area contributed by atoms with Crippen LogP contribution in [0, 0.1) is 0 Å². The molecule has 1 rings (SSSR count). The van der Waals surface area contributed by atoms with Crippen LogP contribution in [0.3, 0.4) is 0 Å². The lowest BCUT2D eigenvalue weighted by Gasteiger charge is -1.97. The number of allylic oxidation sites excluding steroid dienone is 5. The molecule has 0 saturated carbocycles. The van der Waals surface area contributed by atoms with Crippen LogP contribution in [0.5, 0.6) is 0 Å². The van der Waals surface area contributed by atoms with Crippen LogP contribution in [0.1, 0.15) is 25.8 Å². The molecule has 1 nitrogen and oxygen atoms in total. The molecule has 0 spiro atoms. The summed E-state index contributed by atoms with van der Waals surface area (Å²) in [6.07, 6.45) is 10.0. The van der Waals surface area contributed by atoms with Gasteiger partial charge in [0.1, 0.15) is 0 Å². The maximum absolute atomic E-state index is 11.8. The van der Waals surface area contributed by atoms with E-state index in [1.165, 1.54) is 0 Å². The zero-order chi connectivity index (χ0) is 14.3. The molecule has 1 aromatic carbocycles. The van der Waals surface area contributed by atoms with E-state index in [1.54, 1.807) is 25.1 Å². The smallest absolute Gasteiger partial charge is 0.181 e. The van der Waals surface area contributed by atoms with Gasteiger partial charge < -0.3 is 0 Å². The third kappa shape index (κ3) is 6.04. The molecule has 0 unspecified atom stereocenters. The number of hydrogen-bond donors (Lipinski definition) is 0. The van der Waals surface area contributed by atoms with E-state index < -0.39 is 0 Å². The minimum absolute atomic E-state index is 0.00292. The fraction of sp³-hybridized carbons (Fsp3) is 0.188. The summed E-state index contributed by atoms with van der Waals surface area (Å²) in [4.78, 5) is 11.8. The lowest BCUT2D eigenvalue weighted by Crippen LogP contribution is -1.93. The van der Waals surface area contributed by atoms with Crippen molar-refractivity contribution in [1.29, 1.82) is 0 Å². The van der Waals surface area contributed by atoms with Crippen LogP contribution in [0.25, 0.3) is 6.08 Å². The van der Waals surface area contributed by atoms with E-state index in [4.69, 9.17) is 11.6 Å². The van der Waals surface area contributed by atoms with Crippen LogP contribution < -0.4 is 0 Å². The maximum Gasteiger partial charge on any atom is 0.181 e. The quantitative estimate of drug-likeness (QED) is 0.504. The van der Waals surface area contributed by atoms with Crippen molar-refractivity contribution in [3.8, 4) is 0 Å². The second-order valence-electron chi connectivity index (χ2n) is 4.09. The van der Waals surface area contributed by atoms with Crippen molar-refractivity contribution in [3.05, 3.63) is 63.1 Å². The van der Waals surface area contributed by atoms with Crippen molar-refractivity contribution in [1.82, 2.24) is 0 Å². The first kappa shape index (κ1) is 15.9. The zero-order valence-corrected chi connectivity index (χ0v) is 13.3. The number of ketones is 1. The molecular weight excluding hydrogens is 324 g/mol. The fourth-order valence-electron chi connectivity index (χ4n) is 1.41. The van der Waals surface area contributed by atoms with Crippen molar-refractivity contribution in [2.24, 2.45) is 0 Å². The number of halogens is 2. The summed E-state index contributed by atoms with van der Waals surface area (Å²) in [5, 5.41) is 0.639. The number of benzene rings is 1. The maximum atomic E-state index is 11.8. The topological polar surface area (TPSA) is 17.1 Å². The molecule has 0 bridgehead atoms. The van der Waals surface area contributed by atoms with Crippen LogP contribution in [-0.2, 0) is 4.79 Å². The molecule has 0 aliphatic rings. The molecule has 1 aromatic rings. The first-order valence-electron chi connectivity index (χ1n) is 6.05. The molecule has 100 valence electrons. The molecule has 0 aliphatic carbocycles. The molecule has 0 heterocycles.